The fourth-order valence-corrected chi connectivity index (χ4v) is 2.37. The molecule has 0 heterocycles. The Morgan fingerprint density at radius 3 is 2.54 bits per heavy atom. The topological polar surface area (TPSA) is 0 Å². The molecular weight excluding hydrogens is 156 g/mol. The highest BCUT2D eigenvalue weighted by Crippen LogP contribution is 2.57. The summed E-state index contributed by atoms with van der Waals surface area (Å²) in [6, 6.07) is 0. The first kappa shape index (κ1) is 8.80. The lowest BCUT2D eigenvalue weighted by Gasteiger charge is -2.24. The van der Waals surface area contributed by atoms with Crippen molar-refractivity contribution in [3.05, 3.63) is 36.0 Å². The molecule has 0 heteroatoms. The van der Waals surface area contributed by atoms with Crippen molar-refractivity contribution in [2.45, 2.75) is 39.0 Å². The minimum Gasteiger partial charge on any atom is -0.0988 e. The minimum absolute atomic E-state index is 0.724. The van der Waals surface area contributed by atoms with Gasteiger partial charge in [-0.3, -0.25) is 0 Å². The standard InChI is InChI=1S/C13H18/c1-3-5-12-10-13(8-9-13)7-6-11(12)4-2/h3-5H,2,6-10H2,1H3/b5-3-. The Bertz CT molecular complexity index is 274. The summed E-state index contributed by atoms with van der Waals surface area (Å²) in [7, 11) is 0. The molecule has 0 aromatic rings. The smallest absolute Gasteiger partial charge is 0.0219 e. The molecule has 0 saturated heterocycles. The fraction of sp³-hybridized carbons (Fsp3) is 0.538. The van der Waals surface area contributed by atoms with E-state index in [4.69, 9.17) is 0 Å². The highest BCUT2D eigenvalue weighted by Gasteiger charge is 2.44. The van der Waals surface area contributed by atoms with Crippen molar-refractivity contribution in [3.8, 4) is 0 Å². The molecule has 0 aliphatic heterocycles. The summed E-state index contributed by atoms with van der Waals surface area (Å²) in [4.78, 5) is 0. The Labute approximate surface area is 81.0 Å². The molecule has 1 spiro atoms. The third-order valence-electron chi connectivity index (χ3n) is 3.47. The van der Waals surface area contributed by atoms with Gasteiger partial charge in [-0.2, -0.15) is 0 Å². The van der Waals surface area contributed by atoms with E-state index in [1.54, 1.807) is 5.57 Å². The van der Waals surface area contributed by atoms with Crippen molar-refractivity contribution in [1.82, 2.24) is 0 Å². The summed E-state index contributed by atoms with van der Waals surface area (Å²) in [6.45, 7) is 5.99. The van der Waals surface area contributed by atoms with Crippen molar-refractivity contribution in [2.24, 2.45) is 5.41 Å². The van der Waals surface area contributed by atoms with Gasteiger partial charge in [0.2, 0.25) is 0 Å². The van der Waals surface area contributed by atoms with Gasteiger partial charge in [-0.1, -0.05) is 24.8 Å². The molecule has 0 atom stereocenters. The number of allylic oxidation sites excluding steroid dienone is 5. The molecule has 2 aliphatic carbocycles. The van der Waals surface area contributed by atoms with E-state index >= 15 is 0 Å². The van der Waals surface area contributed by atoms with Gasteiger partial charge in [-0.15, -0.1) is 0 Å². The molecule has 0 radical (unpaired) electrons. The van der Waals surface area contributed by atoms with Crippen LogP contribution in [0, 0.1) is 5.41 Å². The van der Waals surface area contributed by atoms with E-state index in [9.17, 15) is 0 Å². The second-order valence-electron chi connectivity index (χ2n) is 4.43. The molecule has 1 saturated carbocycles. The molecule has 13 heavy (non-hydrogen) atoms. The molecule has 2 rings (SSSR count). The second-order valence-corrected chi connectivity index (χ2v) is 4.43. The molecule has 0 N–H and O–H groups in total. The maximum absolute atomic E-state index is 3.89. The predicted octanol–water partition coefficient (Wildman–Crippen LogP) is 4.01. The van der Waals surface area contributed by atoms with Crippen LogP contribution in [0.15, 0.2) is 36.0 Å². The summed E-state index contributed by atoms with van der Waals surface area (Å²) in [5, 5.41) is 0. The highest BCUT2D eigenvalue weighted by molar-refractivity contribution is 5.36. The average molecular weight is 174 g/mol. The Balaban J connectivity index is 2.22. The molecule has 0 unspecified atom stereocenters. The van der Waals surface area contributed by atoms with Crippen LogP contribution < -0.4 is 0 Å². The SMILES string of the molecule is C=CC1=C(/C=C\C)CC2(CC1)CC2. The summed E-state index contributed by atoms with van der Waals surface area (Å²) in [6.07, 6.45) is 13.3. The zero-order valence-corrected chi connectivity index (χ0v) is 8.47. The van der Waals surface area contributed by atoms with E-state index < -0.39 is 0 Å². The number of hydrogen-bond acceptors (Lipinski definition) is 0. The quantitative estimate of drug-likeness (QED) is 0.593. The predicted molar refractivity (Wildman–Crippen MR) is 57.6 cm³/mol. The zero-order valence-electron chi connectivity index (χ0n) is 8.47. The monoisotopic (exact) mass is 174 g/mol. The van der Waals surface area contributed by atoms with Gasteiger partial charge < -0.3 is 0 Å². The van der Waals surface area contributed by atoms with E-state index in [0.717, 1.165) is 5.41 Å². The lowest BCUT2D eigenvalue weighted by Crippen LogP contribution is -2.09. The van der Waals surface area contributed by atoms with Crippen molar-refractivity contribution >= 4 is 0 Å². The van der Waals surface area contributed by atoms with Gasteiger partial charge in [-0.05, 0) is 55.6 Å². The third-order valence-corrected chi connectivity index (χ3v) is 3.47. The molecule has 70 valence electrons. The fourth-order valence-electron chi connectivity index (χ4n) is 2.37. The van der Waals surface area contributed by atoms with Gasteiger partial charge in [0.25, 0.3) is 0 Å². The Kier molecular flexibility index (Phi) is 2.15. The minimum atomic E-state index is 0.724. The first-order valence-electron chi connectivity index (χ1n) is 5.27. The van der Waals surface area contributed by atoms with Gasteiger partial charge in [0.15, 0.2) is 0 Å². The summed E-state index contributed by atoms with van der Waals surface area (Å²) in [5.74, 6) is 0. The van der Waals surface area contributed by atoms with Crippen LogP contribution in [0.2, 0.25) is 0 Å². The van der Waals surface area contributed by atoms with Crippen LogP contribution in [-0.2, 0) is 0 Å². The van der Waals surface area contributed by atoms with Crippen molar-refractivity contribution < 1.29 is 0 Å². The van der Waals surface area contributed by atoms with Gasteiger partial charge in [0, 0.05) is 0 Å². The molecule has 0 nitrogen and oxygen atoms in total. The van der Waals surface area contributed by atoms with E-state index in [2.05, 4.69) is 25.7 Å². The summed E-state index contributed by atoms with van der Waals surface area (Å²) >= 11 is 0. The average Bonchev–Trinajstić information content (AvgIpc) is 2.86. The van der Waals surface area contributed by atoms with Crippen LogP contribution in [0.25, 0.3) is 0 Å². The van der Waals surface area contributed by atoms with Gasteiger partial charge in [-0.25, -0.2) is 0 Å². The summed E-state index contributed by atoms with van der Waals surface area (Å²) in [5.41, 5.74) is 3.75. The summed E-state index contributed by atoms with van der Waals surface area (Å²) < 4.78 is 0. The van der Waals surface area contributed by atoms with Gasteiger partial charge in [0.05, 0.1) is 0 Å². The molecular formula is C13H18. The molecule has 0 aromatic heterocycles. The third kappa shape index (κ3) is 1.63. The highest BCUT2D eigenvalue weighted by atomic mass is 14.5. The number of rotatable bonds is 2. The lowest BCUT2D eigenvalue weighted by atomic mass is 9.81. The van der Waals surface area contributed by atoms with E-state index in [1.807, 2.05) is 6.08 Å². The van der Waals surface area contributed by atoms with E-state index in [-0.39, 0.29) is 0 Å². The lowest BCUT2D eigenvalue weighted by molar-refractivity contribution is 0.443. The Hall–Kier alpha value is -0.780. The van der Waals surface area contributed by atoms with Crippen molar-refractivity contribution in [1.29, 1.82) is 0 Å². The van der Waals surface area contributed by atoms with Crippen molar-refractivity contribution in [3.63, 3.8) is 0 Å². The molecule has 0 bridgehead atoms. The van der Waals surface area contributed by atoms with Crippen LogP contribution in [0.4, 0.5) is 0 Å². The maximum Gasteiger partial charge on any atom is -0.0219 e. The van der Waals surface area contributed by atoms with Crippen LogP contribution in [-0.4, -0.2) is 0 Å². The maximum atomic E-state index is 3.89. The zero-order chi connectivity index (χ0) is 9.31. The Morgan fingerprint density at radius 1 is 1.23 bits per heavy atom. The largest absolute Gasteiger partial charge is 0.0988 e. The Morgan fingerprint density at radius 2 is 2.00 bits per heavy atom. The number of hydrogen-bond donors (Lipinski definition) is 0. The van der Waals surface area contributed by atoms with Crippen LogP contribution in [0.5, 0.6) is 0 Å². The van der Waals surface area contributed by atoms with E-state index in [1.165, 1.54) is 37.7 Å². The molecule has 0 amide bonds. The molecule has 2 aliphatic rings. The molecule has 0 aromatic carbocycles. The first-order valence-corrected chi connectivity index (χ1v) is 5.27. The van der Waals surface area contributed by atoms with Crippen LogP contribution in [0.3, 0.4) is 0 Å². The normalized spacial score (nSPS) is 25.6. The van der Waals surface area contributed by atoms with Gasteiger partial charge >= 0.3 is 0 Å². The first-order chi connectivity index (χ1) is 6.29. The van der Waals surface area contributed by atoms with Gasteiger partial charge in [0.1, 0.15) is 0 Å². The van der Waals surface area contributed by atoms with E-state index in [0.29, 0.717) is 0 Å². The van der Waals surface area contributed by atoms with Crippen molar-refractivity contribution in [2.75, 3.05) is 0 Å². The second kappa shape index (κ2) is 3.17. The molecule has 1 fully saturated rings. The van der Waals surface area contributed by atoms with Crippen LogP contribution >= 0.6 is 0 Å². The van der Waals surface area contributed by atoms with Crippen LogP contribution in [0.1, 0.15) is 39.0 Å².